The third-order valence-corrected chi connectivity index (χ3v) is 5.88. The maximum Gasteiger partial charge on any atom is 0.299 e. The molecule has 0 radical (unpaired) electrons. The summed E-state index contributed by atoms with van der Waals surface area (Å²) in [5.74, 6) is -0.159. The summed E-state index contributed by atoms with van der Waals surface area (Å²) in [6.45, 7) is 0.366. The second-order valence-electron chi connectivity index (χ2n) is 6.37. The van der Waals surface area contributed by atoms with Gasteiger partial charge in [0.25, 0.3) is 10.0 Å². The van der Waals surface area contributed by atoms with Crippen LogP contribution in [-0.4, -0.2) is 18.1 Å². The van der Waals surface area contributed by atoms with Crippen molar-refractivity contribution in [1.82, 2.24) is 4.57 Å². The number of rotatable bonds is 5. The summed E-state index contributed by atoms with van der Waals surface area (Å²) in [5.41, 5.74) is 1.74. The molecule has 146 valence electrons. The lowest BCUT2D eigenvalue weighted by Crippen LogP contribution is -1.98. The number of fused-ring (bicyclic) bond motifs is 1. The highest BCUT2D eigenvalue weighted by atomic mass is 35.5. The number of sulfonamides is 1. The summed E-state index contributed by atoms with van der Waals surface area (Å²) in [6.07, 6.45) is 0. The van der Waals surface area contributed by atoms with Crippen LogP contribution in [0.5, 0.6) is 5.88 Å². The van der Waals surface area contributed by atoms with Gasteiger partial charge < -0.3 is 9.67 Å². The van der Waals surface area contributed by atoms with E-state index in [9.17, 15) is 13.5 Å². The SMILES string of the molecule is O=S(=O)(N=Nc1c(O)n(Cc2ccc(Cl)cc2)c2ccccc12)c1ccccc1. The fourth-order valence-corrected chi connectivity index (χ4v) is 3.95. The Morgan fingerprint density at radius 2 is 1.55 bits per heavy atom. The second kappa shape index (κ2) is 7.69. The van der Waals surface area contributed by atoms with Crippen molar-refractivity contribution in [3.63, 3.8) is 0 Å². The number of para-hydroxylation sites is 1. The first-order valence-electron chi connectivity index (χ1n) is 8.73. The Balaban J connectivity index is 1.77. The number of nitrogens with zero attached hydrogens (tertiary/aromatic N) is 3. The average molecular weight is 426 g/mol. The predicted molar refractivity (Wildman–Crippen MR) is 112 cm³/mol. The highest BCUT2D eigenvalue weighted by Crippen LogP contribution is 2.39. The molecule has 1 N–H and O–H groups in total. The summed E-state index contributed by atoms with van der Waals surface area (Å²) in [6, 6.07) is 22.3. The number of hydrogen-bond donors (Lipinski definition) is 1. The van der Waals surface area contributed by atoms with Crippen molar-refractivity contribution in [1.29, 1.82) is 0 Å². The second-order valence-corrected chi connectivity index (χ2v) is 8.39. The van der Waals surface area contributed by atoms with Crippen LogP contribution in [0.2, 0.25) is 5.02 Å². The molecular formula is C21H16ClN3O3S. The molecular weight excluding hydrogens is 410 g/mol. The van der Waals surface area contributed by atoms with Crippen LogP contribution >= 0.6 is 11.6 Å². The number of hydrogen-bond acceptors (Lipinski definition) is 4. The van der Waals surface area contributed by atoms with E-state index in [0.717, 1.165) is 5.56 Å². The highest BCUT2D eigenvalue weighted by Gasteiger charge is 2.18. The van der Waals surface area contributed by atoms with E-state index in [2.05, 4.69) is 9.63 Å². The van der Waals surface area contributed by atoms with Crippen LogP contribution in [0.15, 0.2) is 93.4 Å². The first-order valence-corrected chi connectivity index (χ1v) is 10.6. The van der Waals surface area contributed by atoms with Crippen LogP contribution in [0.3, 0.4) is 0 Å². The molecule has 0 amide bonds. The van der Waals surface area contributed by atoms with Crippen molar-refractivity contribution >= 4 is 38.2 Å². The molecule has 0 unspecified atom stereocenters. The summed E-state index contributed by atoms with van der Waals surface area (Å²) >= 11 is 5.94. The van der Waals surface area contributed by atoms with Crippen LogP contribution < -0.4 is 0 Å². The molecule has 0 aliphatic rings. The van der Waals surface area contributed by atoms with Crippen molar-refractivity contribution in [2.24, 2.45) is 9.63 Å². The van der Waals surface area contributed by atoms with Gasteiger partial charge >= 0.3 is 0 Å². The number of aromatic hydroxyl groups is 1. The Morgan fingerprint density at radius 1 is 0.897 bits per heavy atom. The van der Waals surface area contributed by atoms with E-state index in [1.54, 1.807) is 47.0 Å². The van der Waals surface area contributed by atoms with Gasteiger partial charge in [-0.2, -0.15) is 8.42 Å². The topological polar surface area (TPSA) is 84.0 Å². The van der Waals surface area contributed by atoms with Crippen molar-refractivity contribution < 1.29 is 13.5 Å². The lowest BCUT2D eigenvalue weighted by atomic mass is 10.2. The van der Waals surface area contributed by atoms with Gasteiger partial charge in [0.2, 0.25) is 5.88 Å². The minimum atomic E-state index is -3.97. The average Bonchev–Trinajstić information content (AvgIpc) is 3.00. The van der Waals surface area contributed by atoms with E-state index in [0.29, 0.717) is 22.5 Å². The zero-order valence-electron chi connectivity index (χ0n) is 15.1. The third-order valence-electron chi connectivity index (χ3n) is 4.46. The number of halogens is 1. The maximum atomic E-state index is 12.4. The van der Waals surface area contributed by atoms with E-state index in [1.807, 2.05) is 24.3 Å². The molecule has 0 saturated carbocycles. The lowest BCUT2D eigenvalue weighted by Gasteiger charge is -2.07. The summed E-state index contributed by atoms with van der Waals surface area (Å²) < 4.78 is 30.0. The molecule has 8 heteroatoms. The molecule has 0 fully saturated rings. The van der Waals surface area contributed by atoms with Gasteiger partial charge in [-0.25, -0.2) is 0 Å². The predicted octanol–water partition coefficient (Wildman–Crippen LogP) is 5.52. The smallest absolute Gasteiger partial charge is 0.299 e. The van der Waals surface area contributed by atoms with Crippen molar-refractivity contribution in [3.05, 3.63) is 89.4 Å². The van der Waals surface area contributed by atoms with Crippen LogP contribution in [0.1, 0.15) is 5.56 Å². The van der Waals surface area contributed by atoms with E-state index < -0.39 is 10.0 Å². The quantitative estimate of drug-likeness (QED) is 0.427. The maximum absolute atomic E-state index is 12.4. The van der Waals surface area contributed by atoms with E-state index in [-0.39, 0.29) is 16.5 Å². The van der Waals surface area contributed by atoms with Crippen molar-refractivity contribution in [3.8, 4) is 5.88 Å². The first-order chi connectivity index (χ1) is 14.0. The standard InChI is InChI=1S/C21H16ClN3O3S/c22-16-12-10-15(11-13-16)14-25-19-9-5-4-8-18(19)20(21(25)26)23-24-29(27,28)17-6-2-1-3-7-17/h1-13,26H,14H2. The molecule has 4 rings (SSSR count). The molecule has 0 spiro atoms. The molecule has 29 heavy (non-hydrogen) atoms. The monoisotopic (exact) mass is 425 g/mol. The third kappa shape index (κ3) is 3.87. The van der Waals surface area contributed by atoms with Gasteiger partial charge in [-0.15, -0.1) is 5.11 Å². The van der Waals surface area contributed by atoms with Gasteiger partial charge in [0.1, 0.15) is 0 Å². The van der Waals surface area contributed by atoms with E-state index >= 15 is 0 Å². The number of aromatic nitrogens is 1. The molecule has 4 aromatic rings. The van der Waals surface area contributed by atoms with Crippen LogP contribution in [0, 0.1) is 0 Å². The van der Waals surface area contributed by atoms with Crippen molar-refractivity contribution in [2.75, 3.05) is 0 Å². The molecule has 0 atom stereocenters. The zero-order chi connectivity index (χ0) is 20.4. The lowest BCUT2D eigenvalue weighted by molar-refractivity contribution is 0.429. The highest BCUT2D eigenvalue weighted by molar-refractivity contribution is 7.90. The van der Waals surface area contributed by atoms with Gasteiger partial charge in [-0.3, -0.25) is 0 Å². The Morgan fingerprint density at radius 3 is 2.28 bits per heavy atom. The summed E-state index contributed by atoms with van der Waals surface area (Å²) in [7, 11) is -3.97. The van der Waals surface area contributed by atoms with Crippen LogP contribution in [0.25, 0.3) is 10.9 Å². The molecule has 0 aliphatic carbocycles. The molecule has 0 bridgehead atoms. The largest absolute Gasteiger partial charge is 0.493 e. The normalized spacial score (nSPS) is 12.0. The Hall–Kier alpha value is -3.16. The number of benzene rings is 3. The van der Waals surface area contributed by atoms with Crippen molar-refractivity contribution in [2.45, 2.75) is 11.4 Å². The molecule has 1 aromatic heterocycles. The molecule has 0 aliphatic heterocycles. The molecule has 3 aromatic carbocycles. The van der Waals surface area contributed by atoms with E-state index in [4.69, 9.17) is 11.6 Å². The first kappa shape index (κ1) is 19.2. The fourth-order valence-electron chi connectivity index (χ4n) is 3.04. The summed E-state index contributed by atoms with van der Waals surface area (Å²) in [5, 5.41) is 15.9. The Labute approximate surface area is 172 Å². The molecule has 6 nitrogen and oxygen atoms in total. The minimum Gasteiger partial charge on any atom is -0.493 e. The summed E-state index contributed by atoms with van der Waals surface area (Å²) in [4.78, 5) is 0.0353. The molecule has 1 heterocycles. The Kier molecular flexibility index (Phi) is 5.08. The fraction of sp³-hybridized carbons (Fsp3) is 0.0476. The van der Waals surface area contributed by atoms with Gasteiger partial charge in [0.05, 0.1) is 17.0 Å². The zero-order valence-corrected chi connectivity index (χ0v) is 16.7. The van der Waals surface area contributed by atoms with E-state index in [1.165, 1.54) is 12.1 Å². The molecule has 0 saturated heterocycles. The Bertz CT molecular complexity index is 1300. The van der Waals surface area contributed by atoms with Crippen LogP contribution in [0.4, 0.5) is 5.69 Å². The minimum absolute atomic E-state index is 0.0353. The van der Waals surface area contributed by atoms with Crippen LogP contribution in [-0.2, 0) is 16.6 Å². The van der Waals surface area contributed by atoms with Gasteiger partial charge in [-0.05, 0) is 35.9 Å². The van der Waals surface area contributed by atoms with Gasteiger partial charge in [-0.1, -0.05) is 64.7 Å². The van der Waals surface area contributed by atoms with Gasteiger partial charge in [0.15, 0.2) is 5.69 Å². The van der Waals surface area contributed by atoms with Gasteiger partial charge in [0, 0.05) is 10.4 Å².